The summed E-state index contributed by atoms with van der Waals surface area (Å²) in [5.41, 5.74) is 14.0. The van der Waals surface area contributed by atoms with Crippen LogP contribution < -0.4 is 13.9 Å². The van der Waals surface area contributed by atoms with E-state index in [-0.39, 0.29) is 42.7 Å². The number of para-hydroxylation sites is 3. The molecule has 0 fully saturated rings. The zero-order valence-corrected chi connectivity index (χ0v) is 45.2. The molecule has 0 unspecified atom stereocenters. The Morgan fingerprint density at radius 2 is 1.07 bits per heavy atom. The van der Waals surface area contributed by atoms with Gasteiger partial charge in [-0.25, -0.2) is 4.98 Å². The summed E-state index contributed by atoms with van der Waals surface area (Å²) >= 11 is 0. The number of aromatic nitrogens is 3. The van der Waals surface area contributed by atoms with Crippen molar-refractivity contribution in [2.45, 2.75) is 105 Å². The fraction of sp³-hybridized carbons (Fsp3) is 0.250. The minimum absolute atomic E-state index is 0. The molecule has 10 aromatic rings. The van der Waals surface area contributed by atoms with Crippen molar-refractivity contribution in [3.63, 3.8) is 0 Å². The maximum absolute atomic E-state index is 6.80. The van der Waals surface area contributed by atoms with Crippen molar-refractivity contribution in [2.24, 2.45) is 0 Å². The molecule has 0 saturated carbocycles. The van der Waals surface area contributed by atoms with E-state index < -0.39 is 0 Å². The molecule has 0 atom stereocenters. The molecule has 0 spiro atoms. The second-order valence-corrected chi connectivity index (χ2v) is 23.1. The standard InChI is InChI=1S/C64H61N5O.Pt/c1-61(2,3)41-27-30-55-52(36-41)51-29-28-48(39-58(51)69(55)59-37-42(31-32-65-59)62(4,5)6)70-47-20-17-19-45(38-47)66-40-67(46-34-43(63(7,8)9)33-44(35-46)64(10,11)12)60-56(66)25-18-26-57(60)68-53-23-15-13-21-49(53)50-22-14-16-24-54(50)68;/h13-37H,1-12H3;/q;+2. The van der Waals surface area contributed by atoms with Gasteiger partial charge in [0, 0.05) is 52.2 Å². The van der Waals surface area contributed by atoms with E-state index >= 15 is 0 Å². The van der Waals surface area contributed by atoms with Crippen LogP contribution in [-0.2, 0) is 42.7 Å². The van der Waals surface area contributed by atoms with Gasteiger partial charge in [0.1, 0.15) is 17.2 Å². The van der Waals surface area contributed by atoms with E-state index in [9.17, 15) is 0 Å². The van der Waals surface area contributed by atoms with Crippen LogP contribution in [0.15, 0.2) is 152 Å². The van der Waals surface area contributed by atoms with Crippen molar-refractivity contribution in [2.75, 3.05) is 0 Å². The maximum Gasteiger partial charge on any atom is 2.00 e. The molecule has 3 aromatic heterocycles. The Kier molecular flexibility index (Phi) is 11.6. The van der Waals surface area contributed by atoms with Crippen molar-refractivity contribution in [3.8, 4) is 23.0 Å². The first kappa shape index (κ1) is 47.8. The molecule has 6 nitrogen and oxygen atoms in total. The van der Waals surface area contributed by atoms with Crippen LogP contribution in [-0.4, -0.2) is 20.1 Å². The van der Waals surface area contributed by atoms with E-state index in [0.29, 0.717) is 11.5 Å². The molecule has 7 aromatic carbocycles. The summed E-state index contributed by atoms with van der Waals surface area (Å²) in [4.78, 5) is 4.95. The summed E-state index contributed by atoms with van der Waals surface area (Å²) in [5.74, 6) is 2.01. The molecular formula is C64H61N5OPt+2. The van der Waals surface area contributed by atoms with Crippen molar-refractivity contribution < 1.29 is 25.8 Å². The molecule has 71 heavy (non-hydrogen) atoms. The summed E-state index contributed by atoms with van der Waals surface area (Å²) in [7, 11) is 0. The van der Waals surface area contributed by atoms with Gasteiger partial charge in [-0.3, -0.25) is 0 Å². The average molecular weight is 1110 g/mol. The number of hydrogen-bond acceptors (Lipinski definition) is 2. The van der Waals surface area contributed by atoms with Gasteiger partial charge in [-0.1, -0.05) is 166 Å². The van der Waals surface area contributed by atoms with Crippen molar-refractivity contribution in [1.29, 1.82) is 0 Å². The van der Waals surface area contributed by atoms with Crippen LogP contribution in [0.3, 0.4) is 0 Å². The number of ether oxygens (including phenoxy) is 1. The van der Waals surface area contributed by atoms with Crippen LogP contribution in [0, 0.1) is 12.1 Å². The molecule has 0 radical (unpaired) electrons. The summed E-state index contributed by atoms with van der Waals surface area (Å²) in [6.07, 6.45) is 1.92. The Hall–Kier alpha value is -6.84. The normalized spacial score (nSPS) is 13.2. The Labute approximate surface area is 432 Å². The molecule has 0 aliphatic carbocycles. The second-order valence-electron chi connectivity index (χ2n) is 23.1. The SMILES string of the molecule is CC(C)(C)c1cc([N+]2=C=[N+](c3[c-]c(Oc4[c-]c5c(cc4)c4cc(C(C)(C)C)ccc4n5-c4cc(C(C)(C)C)ccn4)ccc3)c3cccc(-n4c5ccccc5c5ccccc54)c32)cc(C(C)(C)C)c1.[Pt+2]. The van der Waals surface area contributed by atoms with Crippen LogP contribution in [0.2, 0.25) is 0 Å². The third-order valence-corrected chi connectivity index (χ3v) is 14.0. The van der Waals surface area contributed by atoms with Gasteiger partial charge in [-0.15, -0.1) is 23.6 Å². The smallest absolute Gasteiger partial charge is 0.509 e. The summed E-state index contributed by atoms with van der Waals surface area (Å²) in [5, 5.41) is 4.68. The molecule has 4 heterocycles. The molecule has 0 bridgehead atoms. The van der Waals surface area contributed by atoms with Gasteiger partial charge < -0.3 is 13.9 Å². The number of benzene rings is 7. The number of hydrogen-bond donors (Lipinski definition) is 0. The van der Waals surface area contributed by atoms with Gasteiger partial charge in [0.25, 0.3) is 5.69 Å². The van der Waals surface area contributed by atoms with Gasteiger partial charge >= 0.3 is 32.8 Å². The number of nitrogens with zero attached hydrogens (tertiary/aromatic N) is 5. The van der Waals surface area contributed by atoms with E-state index in [4.69, 9.17) is 9.72 Å². The molecule has 1 aliphatic heterocycles. The quantitative estimate of drug-likeness (QED) is 0.123. The van der Waals surface area contributed by atoms with Crippen LogP contribution in [0.4, 0.5) is 22.7 Å². The molecule has 7 heteroatoms. The van der Waals surface area contributed by atoms with Crippen molar-refractivity contribution in [1.82, 2.24) is 23.3 Å². The molecular weight excluding hydrogens is 1050 g/mol. The van der Waals surface area contributed by atoms with Gasteiger partial charge in [-0.05, 0) is 90.3 Å². The van der Waals surface area contributed by atoms with Crippen LogP contribution in [0.1, 0.15) is 105 Å². The fourth-order valence-corrected chi connectivity index (χ4v) is 9.91. The maximum atomic E-state index is 6.80. The van der Waals surface area contributed by atoms with Crippen molar-refractivity contribution in [3.05, 3.63) is 186 Å². The summed E-state index contributed by atoms with van der Waals surface area (Å²) in [6.45, 7) is 27.2. The van der Waals surface area contributed by atoms with Crippen molar-refractivity contribution >= 4 is 72.4 Å². The summed E-state index contributed by atoms with van der Waals surface area (Å²) in [6, 6.07) is 63.7. The second kappa shape index (κ2) is 17.2. The first-order valence-corrected chi connectivity index (χ1v) is 24.5. The third-order valence-electron chi connectivity index (χ3n) is 14.0. The van der Waals surface area contributed by atoms with Gasteiger partial charge in [0.05, 0.1) is 11.0 Å². The predicted molar refractivity (Wildman–Crippen MR) is 293 cm³/mol. The monoisotopic (exact) mass is 1110 g/mol. The average Bonchev–Trinajstić information content (AvgIpc) is 3.98. The topological polar surface area (TPSA) is 38.0 Å². The Morgan fingerprint density at radius 1 is 0.479 bits per heavy atom. The van der Waals surface area contributed by atoms with E-state index in [2.05, 4.69) is 247 Å². The minimum Gasteiger partial charge on any atom is -0.509 e. The zero-order chi connectivity index (χ0) is 49.1. The summed E-state index contributed by atoms with van der Waals surface area (Å²) < 4.78 is 15.8. The minimum atomic E-state index is -0.0826. The van der Waals surface area contributed by atoms with E-state index in [1.807, 2.05) is 24.4 Å². The Bertz CT molecular complexity index is 3750. The number of rotatable bonds is 6. The zero-order valence-electron chi connectivity index (χ0n) is 42.9. The first-order valence-electron chi connectivity index (χ1n) is 24.5. The first-order chi connectivity index (χ1) is 33.2. The van der Waals surface area contributed by atoms with Crippen LogP contribution >= 0.6 is 0 Å². The largest absolute Gasteiger partial charge is 2.00 e. The Balaban J connectivity index is 0.00000582. The van der Waals surface area contributed by atoms with Gasteiger partial charge in [0.15, 0.2) is 0 Å². The molecule has 1 aliphatic rings. The van der Waals surface area contributed by atoms with E-state index in [1.54, 1.807) is 0 Å². The van der Waals surface area contributed by atoms with Gasteiger partial charge in [-0.2, -0.15) is 12.1 Å². The van der Waals surface area contributed by atoms with Crippen LogP contribution in [0.25, 0.3) is 55.1 Å². The third kappa shape index (κ3) is 8.45. The van der Waals surface area contributed by atoms with E-state index in [0.717, 1.165) is 67.1 Å². The fourth-order valence-electron chi connectivity index (χ4n) is 9.91. The number of fused-ring (bicyclic) bond motifs is 7. The molecule has 356 valence electrons. The predicted octanol–water partition coefficient (Wildman–Crippen LogP) is 16.7. The molecule has 0 saturated heterocycles. The van der Waals surface area contributed by atoms with Gasteiger partial charge in [0.2, 0.25) is 5.69 Å². The molecule has 0 N–H and O–H groups in total. The number of pyridine rings is 1. The van der Waals surface area contributed by atoms with Crippen LogP contribution in [0.5, 0.6) is 11.5 Å². The Morgan fingerprint density at radius 3 is 1.72 bits per heavy atom. The van der Waals surface area contributed by atoms with E-state index in [1.165, 1.54) is 33.0 Å². The molecule has 0 amide bonds. The molecule has 11 rings (SSSR count).